The van der Waals surface area contributed by atoms with Gasteiger partial charge in [0.1, 0.15) is 5.69 Å². The molecule has 0 aliphatic carbocycles. The van der Waals surface area contributed by atoms with Gasteiger partial charge in [-0.15, -0.1) is 0 Å². The van der Waals surface area contributed by atoms with Crippen molar-refractivity contribution in [1.29, 1.82) is 0 Å². The van der Waals surface area contributed by atoms with Crippen LogP contribution in [0.25, 0.3) is 0 Å². The monoisotopic (exact) mass is 305 g/mol. The van der Waals surface area contributed by atoms with Crippen molar-refractivity contribution in [2.24, 2.45) is 0 Å². The molecule has 0 aromatic carbocycles. The number of hydrogen-bond acceptors (Lipinski definition) is 3. The fourth-order valence-electron chi connectivity index (χ4n) is 1.42. The molecule has 1 rings (SSSR count). The second-order valence-corrected chi connectivity index (χ2v) is 4.19. The van der Waals surface area contributed by atoms with Gasteiger partial charge in [0.2, 0.25) is 0 Å². The van der Waals surface area contributed by atoms with E-state index < -0.39 is 24.6 Å². The van der Waals surface area contributed by atoms with Crippen LogP contribution in [0.15, 0.2) is 18.3 Å². The molecule has 0 radical (unpaired) electrons. The minimum absolute atomic E-state index is 0.0569. The minimum Gasteiger partial charge on any atom is -0.477 e. The lowest BCUT2D eigenvalue weighted by molar-refractivity contribution is -0.135. The van der Waals surface area contributed by atoms with Gasteiger partial charge in [-0.25, -0.2) is 14.6 Å². The molecule has 1 aromatic heterocycles. The van der Waals surface area contributed by atoms with Crippen molar-refractivity contribution in [3.05, 3.63) is 24.0 Å². The second-order valence-electron chi connectivity index (χ2n) is 4.19. The molecule has 116 valence electrons. The van der Waals surface area contributed by atoms with E-state index in [4.69, 9.17) is 5.11 Å². The molecule has 3 N–H and O–H groups in total. The van der Waals surface area contributed by atoms with Crippen LogP contribution in [-0.2, 0) is 0 Å². The molecule has 0 spiro atoms. The van der Waals surface area contributed by atoms with Crippen LogP contribution in [0.3, 0.4) is 0 Å². The molecule has 0 fully saturated rings. The van der Waals surface area contributed by atoms with Gasteiger partial charge >= 0.3 is 18.2 Å². The molecule has 0 aliphatic heterocycles. The molecule has 21 heavy (non-hydrogen) atoms. The Kier molecular flexibility index (Phi) is 5.94. The van der Waals surface area contributed by atoms with E-state index in [9.17, 15) is 22.8 Å². The molecule has 0 bridgehead atoms. The van der Waals surface area contributed by atoms with Gasteiger partial charge in [0, 0.05) is 13.0 Å². The molecule has 9 heteroatoms. The predicted octanol–water partition coefficient (Wildman–Crippen LogP) is 2.63. The average Bonchev–Trinajstić information content (AvgIpc) is 2.37. The third-order valence-electron chi connectivity index (χ3n) is 2.41. The SMILES string of the molecule is O=C(NCCCCC(F)(F)F)Nc1ccc(C(=O)O)nc1. The number of carboxylic acids is 1. The Balaban J connectivity index is 2.26. The number of nitrogens with zero attached hydrogens (tertiary/aromatic N) is 1. The van der Waals surface area contributed by atoms with E-state index >= 15 is 0 Å². The van der Waals surface area contributed by atoms with Crippen molar-refractivity contribution in [1.82, 2.24) is 10.3 Å². The smallest absolute Gasteiger partial charge is 0.389 e. The summed E-state index contributed by atoms with van der Waals surface area (Å²) in [5.74, 6) is -1.18. The van der Waals surface area contributed by atoms with Crippen LogP contribution in [0.5, 0.6) is 0 Å². The quantitative estimate of drug-likeness (QED) is 0.705. The molecule has 0 saturated heterocycles. The Morgan fingerprint density at radius 2 is 1.95 bits per heavy atom. The maximum atomic E-state index is 11.9. The molecule has 0 saturated carbocycles. The number of halogens is 3. The van der Waals surface area contributed by atoms with Crippen molar-refractivity contribution in [3.63, 3.8) is 0 Å². The fourth-order valence-corrected chi connectivity index (χ4v) is 1.42. The summed E-state index contributed by atoms with van der Waals surface area (Å²) < 4.78 is 35.6. The largest absolute Gasteiger partial charge is 0.477 e. The summed E-state index contributed by atoms with van der Waals surface area (Å²) in [6.45, 7) is 0.114. The summed E-state index contributed by atoms with van der Waals surface area (Å²) in [5, 5.41) is 13.4. The Hall–Kier alpha value is -2.32. The number of hydrogen-bond donors (Lipinski definition) is 3. The summed E-state index contributed by atoms with van der Waals surface area (Å²) in [6.07, 6.45) is -3.73. The van der Waals surface area contributed by atoms with Gasteiger partial charge in [0.15, 0.2) is 0 Å². The van der Waals surface area contributed by atoms with Crippen molar-refractivity contribution in [2.75, 3.05) is 11.9 Å². The van der Waals surface area contributed by atoms with Crippen LogP contribution in [-0.4, -0.2) is 34.8 Å². The topological polar surface area (TPSA) is 91.3 Å². The predicted molar refractivity (Wildman–Crippen MR) is 68.1 cm³/mol. The summed E-state index contributed by atoms with van der Waals surface area (Å²) in [7, 11) is 0. The highest BCUT2D eigenvalue weighted by Crippen LogP contribution is 2.21. The summed E-state index contributed by atoms with van der Waals surface area (Å²) in [5.41, 5.74) is 0.126. The number of pyridine rings is 1. The Labute approximate surface area is 118 Å². The highest BCUT2D eigenvalue weighted by atomic mass is 19.4. The number of carbonyl (C=O) groups is 2. The minimum atomic E-state index is -4.18. The van der Waals surface area contributed by atoms with Crippen LogP contribution in [0.1, 0.15) is 29.8 Å². The van der Waals surface area contributed by atoms with Crippen LogP contribution in [0.2, 0.25) is 0 Å². The Bertz CT molecular complexity index is 489. The number of anilines is 1. The zero-order chi connectivity index (χ0) is 15.9. The molecule has 1 heterocycles. The van der Waals surface area contributed by atoms with E-state index in [0.717, 1.165) is 0 Å². The lowest BCUT2D eigenvalue weighted by Crippen LogP contribution is -2.29. The number of carboxylic acid groups (broad SMARTS) is 1. The molecule has 0 aliphatic rings. The van der Waals surface area contributed by atoms with Crippen LogP contribution in [0.4, 0.5) is 23.7 Å². The van der Waals surface area contributed by atoms with Gasteiger partial charge in [-0.05, 0) is 25.0 Å². The lowest BCUT2D eigenvalue weighted by atomic mass is 10.2. The van der Waals surface area contributed by atoms with Gasteiger partial charge in [-0.3, -0.25) is 0 Å². The number of amides is 2. The number of carbonyl (C=O) groups excluding carboxylic acids is 1. The molecule has 0 unspecified atom stereocenters. The maximum Gasteiger partial charge on any atom is 0.389 e. The maximum absolute atomic E-state index is 11.9. The van der Waals surface area contributed by atoms with E-state index in [0.29, 0.717) is 0 Å². The van der Waals surface area contributed by atoms with E-state index in [2.05, 4.69) is 15.6 Å². The van der Waals surface area contributed by atoms with Crippen molar-refractivity contribution in [3.8, 4) is 0 Å². The van der Waals surface area contributed by atoms with Gasteiger partial charge in [0.25, 0.3) is 0 Å². The number of rotatable bonds is 6. The summed E-state index contributed by atoms with van der Waals surface area (Å²) in [4.78, 5) is 25.6. The first-order valence-corrected chi connectivity index (χ1v) is 6.09. The van der Waals surface area contributed by atoms with Gasteiger partial charge in [0.05, 0.1) is 11.9 Å². The van der Waals surface area contributed by atoms with Crippen LogP contribution < -0.4 is 10.6 Å². The molecular formula is C12H14F3N3O3. The fraction of sp³-hybridized carbons (Fsp3) is 0.417. The normalized spacial score (nSPS) is 11.0. The molecular weight excluding hydrogens is 291 g/mol. The van der Waals surface area contributed by atoms with E-state index in [-0.39, 0.29) is 30.8 Å². The number of aromatic nitrogens is 1. The Morgan fingerprint density at radius 3 is 2.48 bits per heavy atom. The van der Waals surface area contributed by atoms with Gasteiger partial charge < -0.3 is 15.7 Å². The number of unbranched alkanes of at least 4 members (excludes halogenated alkanes) is 1. The first kappa shape index (κ1) is 16.7. The van der Waals surface area contributed by atoms with Crippen molar-refractivity contribution < 1.29 is 27.9 Å². The summed E-state index contributed by atoms with van der Waals surface area (Å²) >= 11 is 0. The van der Waals surface area contributed by atoms with Gasteiger partial charge in [-0.2, -0.15) is 13.2 Å². The zero-order valence-corrected chi connectivity index (χ0v) is 10.9. The van der Waals surface area contributed by atoms with E-state index in [1.165, 1.54) is 18.3 Å². The standard InChI is InChI=1S/C12H14F3N3O3/c13-12(14,15)5-1-2-6-16-11(21)18-8-3-4-9(10(19)20)17-7-8/h3-4,7H,1-2,5-6H2,(H,19,20)(H2,16,18,21). The average molecular weight is 305 g/mol. The number of nitrogens with one attached hydrogen (secondary N) is 2. The third-order valence-corrected chi connectivity index (χ3v) is 2.41. The molecule has 1 aromatic rings. The van der Waals surface area contributed by atoms with Gasteiger partial charge in [-0.1, -0.05) is 0 Å². The number of alkyl halides is 3. The first-order valence-electron chi connectivity index (χ1n) is 6.09. The highest BCUT2D eigenvalue weighted by Gasteiger charge is 2.25. The third kappa shape index (κ3) is 7.14. The van der Waals surface area contributed by atoms with Crippen molar-refractivity contribution >= 4 is 17.7 Å². The van der Waals surface area contributed by atoms with Crippen LogP contribution in [0, 0.1) is 0 Å². The van der Waals surface area contributed by atoms with E-state index in [1.54, 1.807) is 0 Å². The lowest BCUT2D eigenvalue weighted by Gasteiger charge is -2.08. The zero-order valence-electron chi connectivity index (χ0n) is 10.9. The Morgan fingerprint density at radius 1 is 1.24 bits per heavy atom. The van der Waals surface area contributed by atoms with E-state index in [1.807, 2.05) is 0 Å². The molecule has 6 nitrogen and oxygen atoms in total. The second kappa shape index (κ2) is 7.46. The first-order chi connectivity index (χ1) is 9.78. The molecule has 0 atom stereocenters. The van der Waals surface area contributed by atoms with Crippen LogP contribution >= 0.6 is 0 Å². The number of urea groups is 1. The summed E-state index contributed by atoms with van der Waals surface area (Å²) in [6, 6.07) is 1.99. The van der Waals surface area contributed by atoms with Crippen molar-refractivity contribution in [2.45, 2.75) is 25.4 Å². The highest BCUT2D eigenvalue weighted by molar-refractivity contribution is 5.90. The number of aromatic carboxylic acids is 1. The molecule has 2 amide bonds.